The van der Waals surface area contributed by atoms with Crippen molar-refractivity contribution in [3.63, 3.8) is 0 Å². The number of halogens is 5. The Hall–Kier alpha value is -1.47. The quantitative estimate of drug-likeness (QED) is 0.769. The normalized spacial score (nSPS) is 11.4. The van der Waals surface area contributed by atoms with Crippen LogP contribution in [0.4, 0.5) is 18.9 Å². The first-order valence-corrected chi connectivity index (χ1v) is 6.40. The molecule has 0 unspecified atom stereocenters. The van der Waals surface area contributed by atoms with Crippen molar-refractivity contribution < 1.29 is 17.9 Å². The van der Waals surface area contributed by atoms with E-state index in [4.69, 9.17) is 22.1 Å². The molecule has 0 aliphatic rings. The lowest BCUT2D eigenvalue weighted by atomic mass is 10.2. The first-order valence-electron chi connectivity index (χ1n) is 5.23. The van der Waals surface area contributed by atoms with Gasteiger partial charge in [-0.05, 0) is 34.1 Å². The summed E-state index contributed by atoms with van der Waals surface area (Å²) < 4.78 is 44.0. The first kappa shape index (κ1) is 14.9. The summed E-state index contributed by atoms with van der Waals surface area (Å²) in [5, 5.41) is 0.188. The molecule has 1 aromatic carbocycles. The topological polar surface area (TPSA) is 48.1 Å². The van der Waals surface area contributed by atoms with Gasteiger partial charge in [0, 0.05) is 16.7 Å². The van der Waals surface area contributed by atoms with Gasteiger partial charge in [-0.15, -0.1) is 0 Å². The zero-order valence-electron chi connectivity index (χ0n) is 9.71. The van der Waals surface area contributed by atoms with Crippen LogP contribution in [0, 0.1) is 0 Å². The van der Waals surface area contributed by atoms with Crippen LogP contribution in [-0.2, 0) is 6.18 Å². The van der Waals surface area contributed by atoms with E-state index in [-0.39, 0.29) is 15.2 Å². The molecule has 0 bridgehead atoms. The predicted molar refractivity (Wildman–Crippen MR) is 72.9 cm³/mol. The highest BCUT2D eigenvalue weighted by Crippen LogP contribution is 2.38. The summed E-state index contributed by atoms with van der Waals surface area (Å²) in [4.78, 5) is 3.63. The highest BCUT2D eigenvalue weighted by molar-refractivity contribution is 9.10. The monoisotopic (exact) mass is 366 g/mol. The molecule has 0 spiro atoms. The number of alkyl halides is 3. The van der Waals surface area contributed by atoms with Gasteiger partial charge in [-0.25, -0.2) is 4.98 Å². The van der Waals surface area contributed by atoms with Crippen molar-refractivity contribution in [3.05, 3.63) is 45.5 Å². The molecule has 2 rings (SSSR count). The Morgan fingerprint density at radius 1 is 1.25 bits per heavy atom. The molecule has 20 heavy (non-hydrogen) atoms. The third kappa shape index (κ3) is 3.34. The number of nitrogens with two attached hydrogens (primary N) is 1. The molecule has 1 aromatic heterocycles. The third-order valence-corrected chi connectivity index (χ3v) is 3.07. The molecule has 0 aliphatic carbocycles. The lowest BCUT2D eigenvalue weighted by molar-refractivity contribution is -0.138. The number of benzene rings is 1. The van der Waals surface area contributed by atoms with Crippen LogP contribution in [0.25, 0.3) is 0 Å². The van der Waals surface area contributed by atoms with Crippen LogP contribution < -0.4 is 10.5 Å². The van der Waals surface area contributed by atoms with Crippen LogP contribution in [0.15, 0.2) is 34.9 Å². The van der Waals surface area contributed by atoms with E-state index in [1.807, 2.05) is 0 Å². The number of nitrogens with zero attached hydrogens (tertiary/aromatic N) is 1. The maximum Gasteiger partial charge on any atom is 0.421 e. The van der Waals surface area contributed by atoms with E-state index < -0.39 is 17.6 Å². The molecule has 0 radical (unpaired) electrons. The molecule has 0 fully saturated rings. The minimum absolute atomic E-state index is 0.115. The van der Waals surface area contributed by atoms with E-state index >= 15 is 0 Å². The van der Waals surface area contributed by atoms with E-state index in [2.05, 4.69) is 20.9 Å². The van der Waals surface area contributed by atoms with Crippen molar-refractivity contribution in [3.8, 4) is 11.6 Å². The van der Waals surface area contributed by atoms with Gasteiger partial charge in [-0.3, -0.25) is 0 Å². The van der Waals surface area contributed by atoms with Gasteiger partial charge in [-0.2, -0.15) is 13.2 Å². The second-order valence-electron chi connectivity index (χ2n) is 3.79. The Kier molecular flexibility index (Phi) is 4.10. The highest BCUT2D eigenvalue weighted by atomic mass is 79.9. The number of hydrogen-bond acceptors (Lipinski definition) is 3. The maximum absolute atomic E-state index is 12.9. The van der Waals surface area contributed by atoms with E-state index in [0.29, 0.717) is 5.69 Å². The summed E-state index contributed by atoms with van der Waals surface area (Å²) in [6.07, 6.45) is -3.37. The molecule has 0 saturated heterocycles. The Balaban J connectivity index is 2.40. The van der Waals surface area contributed by atoms with Crippen LogP contribution in [-0.4, -0.2) is 4.98 Å². The molecular weight excluding hydrogens is 360 g/mol. The van der Waals surface area contributed by atoms with Gasteiger partial charge in [0.25, 0.3) is 0 Å². The molecule has 3 nitrogen and oxygen atoms in total. The Bertz CT molecular complexity index is 649. The van der Waals surface area contributed by atoms with Crippen LogP contribution in [0.5, 0.6) is 11.6 Å². The zero-order valence-corrected chi connectivity index (χ0v) is 12.1. The second-order valence-corrected chi connectivity index (χ2v) is 5.11. The number of anilines is 1. The van der Waals surface area contributed by atoms with Gasteiger partial charge >= 0.3 is 6.18 Å². The van der Waals surface area contributed by atoms with Crippen molar-refractivity contribution in [2.75, 3.05) is 5.73 Å². The number of hydrogen-bond donors (Lipinski definition) is 1. The van der Waals surface area contributed by atoms with Gasteiger partial charge in [0.1, 0.15) is 11.3 Å². The Morgan fingerprint density at radius 2 is 1.95 bits per heavy atom. The molecule has 0 saturated carbocycles. The summed E-state index contributed by atoms with van der Waals surface area (Å²) >= 11 is 8.72. The Labute approximate surface area is 125 Å². The lowest BCUT2D eigenvalue weighted by Gasteiger charge is -2.13. The zero-order chi connectivity index (χ0) is 14.9. The molecule has 0 amide bonds. The van der Waals surface area contributed by atoms with Crippen molar-refractivity contribution in [1.29, 1.82) is 0 Å². The maximum atomic E-state index is 12.9. The number of pyridine rings is 1. The smallest absolute Gasteiger partial charge is 0.421 e. The molecule has 106 valence electrons. The van der Waals surface area contributed by atoms with Gasteiger partial charge in [0.2, 0.25) is 5.88 Å². The molecule has 8 heteroatoms. The summed E-state index contributed by atoms with van der Waals surface area (Å²) in [5.41, 5.74) is 4.83. The molecule has 2 N–H and O–H groups in total. The van der Waals surface area contributed by atoms with Gasteiger partial charge in [0.05, 0.1) is 10.7 Å². The van der Waals surface area contributed by atoms with Crippen LogP contribution >= 0.6 is 27.5 Å². The van der Waals surface area contributed by atoms with E-state index in [9.17, 15) is 13.2 Å². The highest BCUT2D eigenvalue weighted by Gasteiger charge is 2.35. The minimum Gasteiger partial charge on any atom is -0.438 e. The fraction of sp³-hybridized carbons (Fsp3) is 0.0833. The molecular formula is C12H7BrClF3N2O. The van der Waals surface area contributed by atoms with Gasteiger partial charge < -0.3 is 10.5 Å². The number of aromatic nitrogens is 1. The molecule has 0 atom stereocenters. The number of rotatable bonds is 2. The largest absolute Gasteiger partial charge is 0.438 e. The van der Waals surface area contributed by atoms with Crippen molar-refractivity contribution in [2.45, 2.75) is 6.18 Å². The second kappa shape index (κ2) is 5.49. The standard InChI is InChI=1S/C12H7BrClF3N2O/c13-6-3-8(12(15,16)17)11(19-5-6)20-7-1-2-10(18)9(14)4-7/h1-5H,18H2. The fourth-order valence-electron chi connectivity index (χ4n) is 1.39. The summed E-state index contributed by atoms with van der Waals surface area (Å²) in [6.45, 7) is 0. The van der Waals surface area contributed by atoms with Crippen molar-refractivity contribution in [2.24, 2.45) is 0 Å². The van der Waals surface area contributed by atoms with Crippen molar-refractivity contribution >= 4 is 33.2 Å². The van der Waals surface area contributed by atoms with Crippen LogP contribution in [0.3, 0.4) is 0 Å². The molecule has 1 heterocycles. The average molecular weight is 368 g/mol. The van der Waals surface area contributed by atoms with E-state index in [1.165, 1.54) is 24.4 Å². The van der Waals surface area contributed by atoms with Crippen LogP contribution in [0.1, 0.15) is 5.56 Å². The van der Waals surface area contributed by atoms with Crippen LogP contribution in [0.2, 0.25) is 5.02 Å². The fourth-order valence-corrected chi connectivity index (χ4v) is 1.90. The summed E-state index contributed by atoms with van der Waals surface area (Å²) in [5.74, 6) is -0.439. The summed E-state index contributed by atoms with van der Waals surface area (Å²) in [6, 6.07) is 5.05. The first-order chi connectivity index (χ1) is 9.27. The van der Waals surface area contributed by atoms with Gasteiger partial charge in [-0.1, -0.05) is 11.6 Å². The number of ether oxygens (including phenoxy) is 1. The van der Waals surface area contributed by atoms with Crippen molar-refractivity contribution in [1.82, 2.24) is 4.98 Å². The molecule has 2 aromatic rings. The predicted octanol–water partition coefficient (Wildman–Crippen LogP) is 4.89. The lowest BCUT2D eigenvalue weighted by Crippen LogP contribution is -2.08. The third-order valence-electron chi connectivity index (χ3n) is 2.31. The SMILES string of the molecule is Nc1ccc(Oc2ncc(Br)cc2C(F)(F)F)cc1Cl. The van der Waals surface area contributed by atoms with E-state index in [1.54, 1.807) is 0 Å². The van der Waals surface area contributed by atoms with Gasteiger partial charge in [0.15, 0.2) is 0 Å². The Morgan fingerprint density at radius 3 is 2.55 bits per heavy atom. The average Bonchev–Trinajstić information content (AvgIpc) is 2.35. The number of nitrogen functional groups attached to an aromatic ring is 1. The molecule has 0 aliphatic heterocycles. The summed E-state index contributed by atoms with van der Waals surface area (Å²) in [7, 11) is 0. The van der Waals surface area contributed by atoms with E-state index in [0.717, 1.165) is 6.07 Å². The minimum atomic E-state index is -4.58.